The number of amides is 4. The van der Waals surface area contributed by atoms with Gasteiger partial charge in [0.2, 0.25) is 23.6 Å². The summed E-state index contributed by atoms with van der Waals surface area (Å²) in [7, 11) is 1.43. The lowest BCUT2D eigenvalue weighted by Crippen LogP contribution is -2.65. The van der Waals surface area contributed by atoms with E-state index in [2.05, 4.69) is 21.3 Å². The van der Waals surface area contributed by atoms with Gasteiger partial charge in [-0.1, -0.05) is 6.92 Å². The highest BCUT2D eigenvalue weighted by molar-refractivity contribution is 5.74. The number of ether oxygens (including phenoxy) is 8. The van der Waals surface area contributed by atoms with E-state index < -0.39 is 165 Å². The van der Waals surface area contributed by atoms with Crippen LogP contribution in [0.3, 0.4) is 0 Å². The first-order valence-corrected chi connectivity index (χ1v) is 22.5. The van der Waals surface area contributed by atoms with E-state index in [1.807, 2.05) is 6.92 Å². The second-order valence-electron chi connectivity index (χ2n) is 17.6. The molecule has 382 valence electrons. The number of aliphatic hydroxyl groups excluding tert-OH is 8. The molecule has 0 aromatic heterocycles. The zero-order valence-corrected chi connectivity index (χ0v) is 38.5. The van der Waals surface area contributed by atoms with Crippen molar-refractivity contribution in [1.82, 2.24) is 21.3 Å². The van der Waals surface area contributed by atoms with Crippen molar-refractivity contribution in [1.29, 1.82) is 0 Å². The maximum atomic E-state index is 12.4. The van der Waals surface area contributed by atoms with Gasteiger partial charge < -0.3 is 100 Å². The molecule has 4 rings (SSSR count). The Morgan fingerprint density at radius 1 is 0.409 bits per heavy atom. The first-order chi connectivity index (χ1) is 31.4. The highest BCUT2D eigenvalue weighted by Gasteiger charge is 2.50. The molecule has 24 nitrogen and oxygen atoms in total. The Kier molecular flexibility index (Phi) is 22.7. The van der Waals surface area contributed by atoms with Crippen molar-refractivity contribution in [2.75, 3.05) is 79.8 Å². The predicted molar refractivity (Wildman–Crippen MR) is 226 cm³/mol. The molecular formula is C42H74N4O20. The number of nitrogens with one attached hydrogen (secondary N) is 4. The molecule has 0 spiro atoms. The number of carbonyl (C=O) groups excluding carboxylic acids is 4. The van der Waals surface area contributed by atoms with Crippen LogP contribution in [0.25, 0.3) is 0 Å². The van der Waals surface area contributed by atoms with Crippen LogP contribution in [0.15, 0.2) is 0 Å². The lowest BCUT2D eigenvalue weighted by Gasteiger charge is -2.46. The molecule has 4 heterocycles. The van der Waals surface area contributed by atoms with Gasteiger partial charge in [0.1, 0.15) is 24.4 Å². The van der Waals surface area contributed by atoms with Gasteiger partial charge in [0.25, 0.3) is 0 Å². The fourth-order valence-electron chi connectivity index (χ4n) is 9.65. The Bertz CT molecular complexity index is 1520. The Morgan fingerprint density at radius 3 is 0.879 bits per heavy atom. The summed E-state index contributed by atoms with van der Waals surface area (Å²) in [5.41, 5.74) is 0. The summed E-state index contributed by atoms with van der Waals surface area (Å²) in [6, 6.07) is -3.92. The van der Waals surface area contributed by atoms with Crippen molar-refractivity contribution in [3.63, 3.8) is 0 Å². The van der Waals surface area contributed by atoms with E-state index in [9.17, 15) is 60.0 Å². The molecule has 12 N–H and O–H groups in total. The first-order valence-electron chi connectivity index (χ1n) is 22.5. The topological polar surface area (TPSA) is 352 Å². The number of hydrogen-bond acceptors (Lipinski definition) is 20. The van der Waals surface area contributed by atoms with Crippen LogP contribution in [0.1, 0.15) is 41.0 Å². The second-order valence-corrected chi connectivity index (χ2v) is 17.6. The predicted octanol–water partition coefficient (Wildman–Crippen LogP) is -5.94. The van der Waals surface area contributed by atoms with Crippen molar-refractivity contribution < 1.29 is 97.9 Å². The minimum Gasteiger partial charge on any atom is -0.394 e. The lowest BCUT2D eigenvalue weighted by molar-refractivity contribution is -0.218. The molecule has 4 fully saturated rings. The number of rotatable bonds is 23. The van der Waals surface area contributed by atoms with Crippen LogP contribution in [0.5, 0.6) is 0 Å². The Morgan fingerprint density at radius 2 is 0.652 bits per heavy atom. The normalized spacial score (nSPS) is 39.4. The Labute approximate surface area is 384 Å². The van der Waals surface area contributed by atoms with E-state index in [0.717, 1.165) is 0 Å². The smallest absolute Gasteiger partial charge is 0.217 e. The molecule has 0 aliphatic carbocycles. The largest absolute Gasteiger partial charge is 0.394 e. The van der Waals surface area contributed by atoms with Gasteiger partial charge in [0.05, 0.1) is 146 Å². The van der Waals surface area contributed by atoms with Gasteiger partial charge in [-0.3, -0.25) is 19.2 Å². The van der Waals surface area contributed by atoms with Crippen LogP contribution in [0, 0.1) is 23.7 Å². The van der Waals surface area contributed by atoms with Gasteiger partial charge in [-0.05, 0) is 6.42 Å². The van der Waals surface area contributed by atoms with Crippen molar-refractivity contribution in [3.05, 3.63) is 0 Å². The highest BCUT2D eigenvalue weighted by Crippen LogP contribution is 2.33. The molecule has 4 aliphatic heterocycles. The van der Waals surface area contributed by atoms with Gasteiger partial charge in [0, 0.05) is 58.5 Å². The molecule has 0 aromatic carbocycles. The summed E-state index contributed by atoms with van der Waals surface area (Å²) >= 11 is 0. The van der Waals surface area contributed by atoms with Crippen LogP contribution in [0.2, 0.25) is 0 Å². The van der Waals surface area contributed by atoms with E-state index in [-0.39, 0.29) is 52.9 Å². The van der Waals surface area contributed by atoms with Crippen molar-refractivity contribution in [2.45, 2.75) is 138 Å². The average Bonchev–Trinajstić information content (AvgIpc) is 3.26. The standard InChI is InChI=1S/C42H74N4O20/c1-7-23-27(8-47)63-32(36(39(23)55)44-20(3)52)16-60-13-25-29(10-49)65-34(38(41(25)57)46-22(5)54)18-62-14-26-30(11-50)66-33(37(42(26)58)45-21(4)53)17-61-12-24-28(9-48)64-31(15-59-6)35(40(24)56)43-19(2)51/h23-42,47-50,55-58H,7-18H2,1-6H3,(H,43,51)(H,44,52)(H,45,53)(H,46,54)/t23-,24-,25-,26-,27?,28+,29+,30?,31+,32+,33+,34+,35?,36?,37?,38?,39-,40?,41?,42-/m1/s1. The Balaban J connectivity index is 1.40. The van der Waals surface area contributed by atoms with Gasteiger partial charge in [-0.25, -0.2) is 0 Å². The molecule has 8 unspecified atom stereocenters. The quantitative estimate of drug-likeness (QED) is 0.0454. The molecule has 0 saturated carbocycles. The highest BCUT2D eigenvalue weighted by atomic mass is 16.6. The van der Waals surface area contributed by atoms with E-state index in [1.54, 1.807) is 0 Å². The van der Waals surface area contributed by atoms with E-state index in [0.29, 0.717) is 6.42 Å². The van der Waals surface area contributed by atoms with E-state index in [4.69, 9.17) is 37.9 Å². The summed E-state index contributed by atoms with van der Waals surface area (Å²) in [6.07, 6.45) is -12.0. The number of hydrogen-bond donors (Lipinski definition) is 12. The zero-order valence-electron chi connectivity index (χ0n) is 38.5. The van der Waals surface area contributed by atoms with E-state index >= 15 is 0 Å². The summed E-state index contributed by atoms with van der Waals surface area (Å²) in [4.78, 5) is 48.7. The average molecular weight is 955 g/mol. The van der Waals surface area contributed by atoms with Gasteiger partial charge in [-0.15, -0.1) is 0 Å². The molecular weight excluding hydrogens is 880 g/mol. The molecule has 24 heteroatoms. The van der Waals surface area contributed by atoms with Gasteiger partial charge >= 0.3 is 0 Å². The second kappa shape index (κ2) is 26.8. The lowest BCUT2D eigenvalue weighted by atomic mass is 9.83. The molecule has 4 saturated heterocycles. The fourth-order valence-corrected chi connectivity index (χ4v) is 9.65. The molecule has 0 bridgehead atoms. The van der Waals surface area contributed by atoms with Crippen molar-refractivity contribution >= 4 is 23.6 Å². The molecule has 0 aromatic rings. The van der Waals surface area contributed by atoms with Crippen LogP contribution < -0.4 is 21.3 Å². The third-order valence-corrected chi connectivity index (χ3v) is 12.9. The zero-order chi connectivity index (χ0) is 48.8. The van der Waals surface area contributed by atoms with Crippen LogP contribution in [-0.2, 0) is 57.1 Å². The molecule has 0 radical (unpaired) electrons. The summed E-state index contributed by atoms with van der Waals surface area (Å²) < 4.78 is 47.4. The van der Waals surface area contributed by atoms with Gasteiger partial charge in [0.15, 0.2) is 0 Å². The first kappa shape index (κ1) is 55.8. The Hall–Kier alpha value is -2.76. The minimum absolute atomic E-state index is 0.0263. The minimum atomic E-state index is -1.38. The third kappa shape index (κ3) is 14.4. The molecule has 4 aliphatic rings. The third-order valence-electron chi connectivity index (χ3n) is 12.9. The van der Waals surface area contributed by atoms with E-state index in [1.165, 1.54) is 34.8 Å². The maximum Gasteiger partial charge on any atom is 0.217 e. The summed E-state index contributed by atoms with van der Waals surface area (Å²) in [5.74, 6) is -5.01. The van der Waals surface area contributed by atoms with Crippen LogP contribution >= 0.6 is 0 Å². The van der Waals surface area contributed by atoms with Crippen molar-refractivity contribution in [3.8, 4) is 0 Å². The number of aliphatic hydroxyl groups is 8. The maximum absolute atomic E-state index is 12.4. The van der Waals surface area contributed by atoms with Crippen LogP contribution in [0.4, 0.5) is 0 Å². The fraction of sp³-hybridized carbons (Fsp3) is 0.905. The number of carbonyl (C=O) groups is 4. The molecule has 4 amide bonds. The van der Waals surface area contributed by atoms with Crippen molar-refractivity contribution in [2.24, 2.45) is 23.7 Å². The monoisotopic (exact) mass is 954 g/mol. The molecule has 66 heavy (non-hydrogen) atoms. The number of methoxy groups -OCH3 is 1. The molecule has 20 atom stereocenters. The van der Waals surface area contributed by atoms with Crippen LogP contribution in [-0.4, -0.2) is 242 Å². The summed E-state index contributed by atoms with van der Waals surface area (Å²) in [6.45, 7) is 3.46. The SMILES string of the molecule is CC[C@@H]1C(CO)O[C@@H](COC[C@H]2C(O)C(NC(C)=O)[C@H](COC[C@@H]3C(CO)O[C@@H](COC[C@H]4C(O)C(NC(C)=O)[C@H](COC)O[C@H]4CO)C(NC(C)=O)[C@@H]3O)O[C@H]2CO)C(NC(C)=O)[C@@H]1O. The van der Waals surface area contributed by atoms with Gasteiger partial charge in [-0.2, -0.15) is 0 Å². The summed E-state index contributed by atoms with van der Waals surface area (Å²) in [5, 5.41) is 97.2.